The highest BCUT2D eigenvalue weighted by Crippen LogP contribution is 2.37. The van der Waals surface area contributed by atoms with E-state index in [-0.39, 0.29) is 16.8 Å². The van der Waals surface area contributed by atoms with Gasteiger partial charge in [-0.05, 0) is 37.6 Å². The quantitative estimate of drug-likeness (QED) is 0.750. The highest BCUT2D eigenvalue weighted by Gasteiger charge is 2.34. The van der Waals surface area contributed by atoms with Crippen molar-refractivity contribution in [1.82, 2.24) is 0 Å². The Labute approximate surface area is 126 Å². The summed E-state index contributed by atoms with van der Waals surface area (Å²) in [7, 11) is 0. The third-order valence-corrected chi connectivity index (χ3v) is 3.47. The molecule has 1 unspecified atom stereocenters. The van der Waals surface area contributed by atoms with Gasteiger partial charge in [0, 0.05) is 16.8 Å². The zero-order valence-electron chi connectivity index (χ0n) is 11.6. The van der Waals surface area contributed by atoms with Crippen LogP contribution in [0.1, 0.15) is 29.7 Å². The van der Waals surface area contributed by atoms with Crippen molar-refractivity contribution in [3.8, 4) is 0 Å². The highest BCUT2D eigenvalue weighted by atomic mass is 35.5. The normalized spacial score (nSPS) is 13.0. The summed E-state index contributed by atoms with van der Waals surface area (Å²) >= 11 is 5.67. The van der Waals surface area contributed by atoms with Gasteiger partial charge < -0.3 is 5.32 Å². The highest BCUT2D eigenvalue weighted by molar-refractivity contribution is 6.30. The smallest absolute Gasteiger partial charge is 0.378 e. The Morgan fingerprint density at radius 1 is 1.05 bits per heavy atom. The maximum absolute atomic E-state index is 13.0. The molecule has 0 aliphatic heterocycles. The zero-order valence-corrected chi connectivity index (χ0v) is 12.4. The number of nitrogens with one attached hydrogen (secondary N) is 1. The summed E-state index contributed by atoms with van der Waals surface area (Å²) < 4.78 is 39.1. The first-order valence-electron chi connectivity index (χ1n) is 6.47. The molecule has 1 atom stereocenters. The molecule has 0 aliphatic carbocycles. The van der Waals surface area contributed by atoms with Gasteiger partial charge in [0.2, 0.25) is 0 Å². The summed E-state index contributed by atoms with van der Waals surface area (Å²) in [5.74, 6) is 0. The molecule has 2 aromatic rings. The summed E-state index contributed by atoms with van der Waals surface area (Å²) in [4.78, 5) is 0. The van der Waals surface area contributed by atoms with Crippen LogP contribution in [0.2, 0.25) is 5.02 Å². The number of hydrogen-bond acceptors (Lipinski definition) is 1. The van der Waals surface area contributed by atoms with Gasteiger partial charge in [-0.3, -0.25) is 0 Å². The molecule has 2 rings (SSSR count). The van der Waals surface area contributed by atoms with Crippen LogP contribution in [0.25, 0.3) is 0 Å². The van der Waals surface area contributed by atoms with Crippen LogP contribution in [0.5, 0.6) is 0 Å². The monoisotopic (exact) mass is 313 g/mol. The van der Waals surface area contributed by atoms with Crippen molar-refractivity contribution in [2.45, 2.75) is 26.1 Å². The minimum atomic E-state index is -4.44. The molecule has 21 heavy (non-hydrogen) atoms. The molecule has 0 saturated carbocycles. The molecule has 2 aromatic carbocycles. The van der Waals surface area contributed by atoms with Crippen LogP contribution in [-0.2, 0) is 6.18 Å². The lowest BCUT2D eigenvalue weighted by molar-refractivity contribution is -0.137. The SMILES string of the molecule is Cc1ccc(C(C)Nc2ccc(Cl)cc2C(F)(F)F)cc1. The van der Waals surface area contributed by atoms with E-state index < -0.39 is 11.7 Å². The molecule has 1 N–H and O–H groups in total. The lowest BCUT2D eigenvalue weighted by Gasteiger charge is -2.20. The van der Waals surface area contributed by atoms with E-state index in [1.54, 1.807) is 0 Å². The zero-order chi connectivity index (χ0) is 15.6. The Bertz CT molecular complexity index is 620. The number of aryl methyl sites for hydroxylation is 1. The number of rotatable bonds is 3. The second-order valence-corrected chi connectivity index (χ2v) is 5.40. The Hall–Kier alpha value is -1.68. The lowest BCUT2D eigenvalue weighted by Crippen LogP contribution is -2.13. The van der Waals surface area contributed by atoms with Gasteiger partial charge in [-0.15, -0.1) is 0 Å². The van der Waals surface area contributed by atoms with E-state index in [9.17, 15) is 13.2 Å². The van der Waals surface area contributed by atoms with Crippen molar-refractivity contribution >= 4 is 17.3 Å². The van der Waals surface area contributed by atoms with E-state index in [4.69, 9.17) is 11.6 Å². The van der Waals surface area contributed by atoms with Crippen LogP contribution in [-0.4, -0.2) is 0 Å². The third kappa shape index (κ3) is 3.91. The van der Waals surface area contributed by atoms with E-state index in [0.717, 1.165) is 17.2 Å². The first-order chi connectivity index (χ1) is 9.77. The number of halogens is 4. The average Bonchev–Trinajstić information content (AvgIpc) is 2.40. The minimum absolute atomic E-state index is 0.0278. The van der Waals surface area contributed by atoms with Gasteiger partial charge in [-0.25, -0.2) is 0 Å². The fraction of sp³-hybridized carbons (Fsp3) is 0.250. The van der Waals surface area contributed by atoms with Gasteiger partial charge >= 0.3 is 6.18 Å². The molecule has 0 aliphatic rings. The first-order valence-corrected chi connectivity index (χ1v) is 6.85. The van der Waals surface area contributed by atoms with E-state index in [1.807, 2.05) is 38.1 Å². The van der Waals surface area contributed by atoms with Gasteiger partial charge in [0.25, 0.3) is 0 Å². The van der Waals surface area contributed by atoms with E-state index >= 15 is 0 Å². The van der Waals surface area contributed by atoms with Crippen LogP contribution >= 0.6 is 11.6 Å². The Morgan fingerprint density at radius 2 is 1.67 bits per heavy atom. The maximum atomic E-state index is 13.0. The molecule has 0 heterocycles. The predicted octanol–water partition coefficient (Wildman–Crippen LogP) is 5.84. The molecule has 1 nitrogen and oxygen atoms in total. The lowest BCUT2D eigenvalue weighted by atomic mass is 10.1. The van der Waals surface area contributed by atoms with E-state index in [2.05, 4.69) is 5.32 Å². The molecule has 0 saturated heterocycles. The van der Waals surface area contributed by atoms with E-state index in [1.165, 1.54) is 12.1 Å². The number of hydrogen-bond donors (Lipinski definition) is 1. The number of anilines is 1. The Kier molecular flexibility index (Phi) is 4.47. The van der Waals surface area contributed by atoms with Gasteiger partial charge in [-0.1, -0.05) is 41.4 Å². The van der Waals surface area contributed by atoms with Crippen LogP contribution in [0, 0.1) is 6.92 Å². The first kappa shape index (κ1) is 15.7. The van der Waals surface area contributed by atoms with Gasteiger partial charge in [0.05, 0.1) is 5.56 Å². The van der Waals surface area contributed by atoms with Crippen molar-refractivity contribution in [1.29, 1.82) is 0 Å². The van der Waals surface area contributed by atoms with Crippen molar-refractivity contribution in [3.05, 3.63) is 64.2 Å². The fourth-order valence-electron chi connectivity index (χ4n) is 2.05. The van der Waals surface area contributed by atoms with Crippen molar-refractivity contribution < 1.29 is 13.2 Å². The predicted molar refractivity (Wildman–Crippen MR) is 79.7 cm³/mol. The fourth-order valence-corrected chi connectivity index (χ4v) is 2.22. The van der Waals surface area contributed by atoms with E-state index in [0.29, 0.717) is 0 Å². The summed E-state index contributed by atoms with van der Waals surface area (Å²) in [6.07, 6.45) is -4.44. The molecule has 0 amide bonds. The standard InChI is InChI=1S/C16H15ClF3N/c1-10-3-5-12(6-4-10)11(2)21-15-8-7-13(17)9-14(15)16(18,19)20/h3-9,11,21H,1-2H3. The van der Waals surface area contributed by atoms with Gasteiger partial charge in [-0.2, -0.15) is 13.2 Å². The Morgan fingerprint density at radius 3 is 2.24 bits per heavy atom. The minimum Gasteiger partial charge on any atom is -0.378 e. The Balaban J connectivity index is 2.29. The number of benzene rings is 2. The molecule has 0 spiro atoms. The van der Waals surface area contributed by atoms with Crippen LogP contribution in [0.4, 0.5) is 18.9 Å². The molecule has 112 valence electrons. The summed E-state index contributed by atoms with van der Waals surface area (Å²) in [6.45, 7) is 3.78. The summed E-state index contributed by atoms with van der Waals surface area (Å²) in [5.41, 5.74) is 1.30. The average molecular weight is 314 g/mol. The largest absolute Gasteiger partial charge is 0.418 e. The van der Waals surface area contributed by atoms with Crippen LogP contribution in [0.15, 0.2) is 42.5 Å². The molecule has 5 heteroatoms. The van der Waals surface area contributed by atoms with Crippen molar-refractivity contribution in [2.24, 2.45) is 0 Å². The topological polar surface area (TPSA) is 12.0 Å². The molecular formula is C16H15ClF3N. The number of alkyl halides is 3. The summed E-state index contributed by atoms with van der Waals surface area (Å²) in [5, 5.41) is 2.97. The molecule has 0 aromatic heterocycles. The van der Waals surface area contributed by atoms with Crippen molar-refractivity contribution in [3.63, 3.8) is 0 Å². The van der Waals surface area contributed by atoms with Crippen LogP contribution < -0.4 is 5.32 Å². The van der Waals surface area contributed by atoms with Gasteiger partial charge in [0.1, 0.15) is 0 Å². The van der Waals surface area contributed by atoms with Crippen molar-refractivity contribution in [2.75, 3.05) is 5.32 Å². The summed E-state index contributed by atoms with van der Waals surface area (Å²) in [6, 6.07) is 11.2. The second-order valence-electron chi connectivity index (χ2n) is 4.96. The second kappa shape index (κ2) is 5.98. The molecule has 0 radical (unpaired) electrons. The molecule has 0 fully saturated rings. The maximum Gasteiger partial charge on any atom is 0.418 e. The van der Waals surface area contributed by atoms with Crippen LogP contribution in [0.3, 0.4) is 0 Å². The molecule has 0 bridgehead atoms. The molecular weight excluding hydrogens is 299 g/mol. The third-order valence-electron chi connectivity index (χ3n) is 3.24. The van der Waals surface area contributed by atoms with Gasteiger partial charge in [0.15, 0.2) is 0 Å².